The Morgan fingerprint density at radius 3 is 2.18 bits per heavy atom. The van der Waals surface area contributed by atoms with Gasteiger partial charge in [0.1, 0.15) is 0 Å². The van der Waals surface area contributed by atoms with Crippen molar-refractivity contribution in [1.82, 2.24) is 0 Å². The smallest absolute Gasteiger partial charge is 0.0482 e. The van der Waals surface area contributed by atoms with Gasteiger partial charge in [-0.05, 0) is 44.2 Å². The van der Waals surface area contributed by atoms with Gasteiger partial charge in [-0.3, -0.25) is 0 Å². The van der Waals surface area contributed by atoms with Crippen LogP contribution in [0.3, 0.4) is 0 Å². The summed E-state index contributed by atoms with van der Waals surface area (Å²) in [6.45, 7) is 11.1. The second kappa shape index (κ2) is 7.10. The van der Waals surface area contributed by atoms with E-state index >= 15 is 0 Å². The molecule has 2 rings (SSSR count). The summed E-state index contributed by atoms with van der Waals surface area (Å²) in [4.78, 5) is 1.28. The van der Waals surface area contributed by atoms with Crippen LogP contribution in [0.4, 0.5) is 17.1 Å². The molecule has 0 aromatic heterocycles. The summed E-state index contributed by atoms with van der Waals surface area (Å²) >= 11 is 1.89. The first-order valence-electron chi connectivity index (χ1n) is 7.75. The highest BCUT2D eigenvalue weighted by molar-refractivity contribution is 8.00. The van der Waals surface area contributed by atoms with Crippen molar-refractivity contribution in [2.75, 3.05) is 10.6 Å². The minimum atomic E-state index is 0.179. The van der Waals surface area contributed by atoms with Crippen LogP contribution >= 0.6 is 11.8 Å². The quantitative estimate of drug-likeness (QED) is 0.648. The van der Waals surface area contributed by atoms with Crippen LogP contribution in [0.1, 0.15) is 34.6 Å². The van der Waals surface area contributed by atoms with Gasteiger partial charge in [-0.15, -0.1) is 11.8 Å². The fraction of sp³-hybridized carbons (Fsp3) is 0.368. The molecule has 2 nitrogen and oxygen atoms in total. The first-order valence-corrected chi connectivity index (χ1v) is 8.57. The lowest BCUT2D eigenvalue weighted by atomic mass is 10.2. The van der Waals surface area contributed by atoms with Crippen molar-refractivity contribution >= 4 is 28.8 Å². The minimum Gasteiger partial charge on any atom is -0.382 e. The fourth-order valence-corrected chi connectivity index (χ4v) is 3.22. The molecule has 0 fully saturated rings. The molecule has 0 aliphatic heterocycles. The number of hydrogen-bond acceptors (Lipinski definition) is 3. The zero-order chi connectivity index (χ0) is 16.2. The van der Waals surface area contributed by atoms with E-state index in [1.165, 1.54) is 10.6 Å². The van der Waals surface area contributed by atoms with Crippen LogP contribution in [0.25, 0.3) is 0 Å². The number of hydrogen-bond donors (Lipinski definition) is 2. The molecule has 0 spiro atoms. The molecule has 0 aliphatic rings. The Hall–Kier alpha value is -1.61. The first-order chi connectivity index (χ1) is 10.3. The van der Waals surface area contributed by atoms with Gasteiger partial charge in [0.05, 0.1) is 0 Å². The summed E-state index contributed by atoms with van der Waals surface area (Å²) in [5.74, 6) is 0. The molecule has 2 aromatic rings. The molecule has 0 bridgehead atoms. The van der Waals surface area contributed by atoms with Gasteiger partial charge in [0, 0.05) is 32.7 Å². The Kier molecular flexibility index (Phi) is 5.41. The molecular weight excluding hydrogens is 288 g/mol. The van der Waals surface area contributed by atoms with Crippen LogP contribution in [-0.2, 0) is 0 Å². The van der Waals surface area contributed by atoms with E-state index in [0.29, 0.717) is 6.04 Å². The van der Waals surface area contributed by atoms with E-state index in [9.17, 15) is 0 Å². The number of nitrogens with one attached hydrogen (secondary N) is 2. The Balaban J connectivity index is 2.27. The van der Waals surface area contributed by atoms with Gasteiger partial charge in [0.15, 0.2) is 0 Å². The molecule has 0 saturated heterocycles. The molecule has 2 aromatic carbocycles. The molecule has 0 amide bonds. The lowest BCUT2D eigenvalue weighted by Crippen LogP contribution is -2.13. The maximum atomic E-state index is 3.54. The average Bonchev–Trinajstić information content (AvgIpc) is 2.41. The van der Waals surface area contributed by atoms with Crippen molar-refractivity contribution < 1.29 is 0 Å². The number of para-hydroxylation sites is 1. The molecule has 0 saturated carbocycles. The third-order valence-corrected chi connectivity index (χ3v) is 4.07. The van der Waals surface area contributed by atoms with E-state index in [1.54, 1.807) is 0 Å². The van der Waals surface area contributed by atoms with Crippen molar-refractivity contribution in [2.45, 2.75) is 50.3 Å². The monoisotopic (exact) mass is 314 g/mol. The third kappa shape index (κ3) is 5.30. The van der Waals surface area contributed by atoms with E-state index in [-0.39, 0.29) is 4.75 Å². The van der Waals surface area contributed by atoms with Gasteiger partial charge in [-0.25, -0.2) is 0 Å². The van der Waals surface area contributed by atoms with E-state index in [2.05, 4.69) is 75.6 Å². The zero-order valence-corrected chi connectivity index (χ0v) is 14.9. The molecule has 0 heterocycles. The van der Waals surface area contributed by atoms with Gasteiger partial charge < -0.3 is 10.6 Å². The lowest BCUT2D eigenvalue weighted by molar-refractivity contribution is 0.802. The number of rotatable bonds is 5. The Labute approximate surface area is 138 Å². The van der Waals surface area contributed by atoms with Crippen molar-refractivity contribution in [3.8, 4) is 0 Å². The lowest BCUT2D eigenvalue weighted by Gasteiger charge is -2.22. The standard InChI is InChI=1S/C19H26N2S/c1-14(2)20-17-12-11-16(13-18(17)22-19(3,4)5)21-15-9-7-6-8-10-15/h6-14,20-21H,1-5H3. The van der Waals surface area contributed by atoms with Gasteiger partial charge in [-0.1, -0.05) is 39.0 Å². The number of anilines is 3. The fourth-order valence-electron chi connectivity index (χ4n) is 2.13. The average molecular weight is 314 g/mol. The maximum absolute atomic E-state index is 3.54. The molecule has 0 aliphatic carbocycles. The molecule has 0 atom stereocenters. The minimum absolute atomic E-state index is 0.179. The Morgan fingerprint density at radius 2 is 1.59 bits per heavy atom. The molecule has 0 radical (unpaired) electrons. The zero-order valence-electron chi connectivity index (χ0n) is 14.1. The molecule has 2 N–H and O–H groups in total. The molecular formula is C19H26N2S. The highest BCUT2D eigenvalue weighted by Crippen LogP contribution is 2.38. The van der Waals surface area contributed by atoms with Gasteiger partial charge >= 0.3 is 0 Å². The van der Waals surface area contributed by atoms with E-state index in [1.807, 2.05) is 30.0 Å². The van der Waals surface area contributed by atoms with E-state index in [4.69, 9.17) is 0 Å². The predicted molar refractivity (Wildman–Crippen MR) is 101 cm³/mol. The van der Waals surface area contributed by atoms with E-state index in [0.717, 1.165) is 11.4 Å². The molecule has 22 heavy (non-hydrogen) atoms. The van der Waals surface area contributed by atoms with Crippen LogP contribution in [0.15, 0.2) is 53.4 Å². The Bertz CT molecular complexity index is 601. The summed E-state index contributed by atoms with van der Waals surface area (Å²) in [5.41, 5.74) is 3.43. The molecule has 0 unspecified atom stereocenters. The summed E-state index contributed by atoms with van der Waals surface area (Å²) in [6.07, 6.45) is 0. The highest BCUT2D eigenvalue weighted by Gasteiger charge is 2.16. The van der Waals surface area contributed by atoms with Crippen LogP contribution < -0.4 is 10.6 Å². The number of benzene rings is 2. The van der Waals surface area contributed by atoms with Crippen LogP contribution in [0.5, 0.6) is 0 Å². The van der Waals surface area contributed by atoms with Crippen LogP contribution in [0, 0.1) is 0 Å². The second-order valence-electron chi connectivity index (χ2n) is 6.72. The largest absolute Gasteiger partial charge is 0.382 e. The van der Waals surface area contributed by atoms with Crippen molar-refractivity contribution in [2.24, 2.45) is 0 Å². The normalized spacial score (nSPS) is 11.5. The summed E-state index contributed by atoms with van der Waals surface area (Å²) in [5, 5.41) is 7.01. The van der Waals surface area contributed by atoms with E-state index < -0.39 is 0 Å². The van der Waals surface area contributed by atoms with Gasteiger partial charge in [0.2, 0.25) is 0 Å². The molecule has 3 heteroatoms. The third-order valence-electron chi connectivity index (χ3n) is 2.90. The van der Waals surface area contributed by atoms with Crippen LogP contribution in [-0.4, -0.2) is 10.8 Å². The number of thioether (sulfide) groups is 1. The Morgan fingerprint density at radius 1 is 0.909 bits per heavy atom. The first kappa shape index (κ1) is 16.8. The molecule has 118 valence electrons. The van der Waals surface area contributed by atoms with Crippen molar-refractivity contribution in [3.05, 3.63) is 48.5 Å². The summed E-state index contributed by atoms with van der Waals surface area (Å²) < 4.78 is 0.179. The second-order valence-corrected chi connectivity index (χ2v) is 8.58. The predicted octanol–water partition coefficient (Wildman–Crippen LogP) is 6.14. The SMILES string of the molecule is CC(C)Nc1ccc(Nc2ccccc2)cc1SC(C)(C)C. The highest BCUT2D eigenvalue weighted by atomic mass is 32.2. The van der Waals surface area contributed by atoms with Gasteiger partial charge in [-0.2, -0.15) is 0 Å². The maximum Gasteiger partial charge on any atom is 0.0482 e. The van der Waals surface area contributed by atoms with Crippen molar-refractivity contribution in [1.29, 1.82) is 0 Å². The summed E-state index contributed by atoms with van der Waals surface area (Å²) in [7, 11) is 0. The van der Waals surface area contributed by atoms with Gasteiger partial charge in [0.25, 0.3) is 0 Å². The van der Waals surface area contributed by atoms with Crippen LogP contribution in [0.2, 0.25) is 0 Å². The van der Waals surface area contributed by atoms with Crippen molar-refractivity contribution in [3.63, 3.8) is 0 Å². The topological polar surface area (TPSA) is 24.1 Å². The summed E-state index contributed by atoms with van der Waals surface area (Å²) in [6, 6.07) is 17.2.